The Morgan fingerprint density at radius 3 is 1.19 bits per heavy atom. The minimum atomic E-state index is 0.337. The largest absolute Gasteiger partial charge is 0.513 e. The van der Waals surface area contributed by atoms with Crippen LogP contribution in [-0.4, -0.2) is 10.9 Å². The van der Waals surface area contributed by atoms with Gasteiger partial charge in [0, 0.05) is 19.3 Å². The molecular weight excluding hydrogens is 320 g/mol. The lowest BCUT2D eigenvalue weighted by atomic mass is 10.0. The third kappa shape index (κ3) is 21.3. The molecule has 0 aliphatic rings. The second-order valence-electron chi connectivity index (χ2n) is 8.01. The fourth-order valence-electron chi connectivity index (χ4n) is 3.53. The van der Waals surface area contributed by atoms with E-state index in [1.165, 1.54) is 89.9 Å². The van der Waals surface area contributed by atoms with Crippen LogP contribution in [0.25, 0.3) is 0 Å². The van der Waals surface area contributed by atoms with Crippen LogP contribution in [0.2, 0.25) is 0 Å². The monoisotopic (exact) mass is 366 g/mol. The first kappa shape index (κ1) is 25.2. The van der Waals surface area contributed by atoms with E-state index in [1.807, 2.05) is 0 Å². The van der Waals surface area contributed by atoms with Crippen LogP contribution in [0, 0.1) is 0 Å². The van der Waals surface area contributed by atoms with Crippen molar-refractivity contribution in [1.82, 2.24) is 0 Å². The molecule has 0 unspecified atom stereocenters. The molecule has 2 nitrogen and oxygen atoms in total. The van der Waals surface area contributed by atoms with E-state index in [1.54, 1.807) is 0 Å². The number of carbonyl (C=O) groups is 1. The second-order valence-corrected chi connectivity index (χ2v) is 8.01. The second kappa shape index (κ2) is 20.5. The Bertz CT molecular complexity index is 322. The van der Waals surface area contributed by atoms with Crippen molar-refractivity contribution in [2.45, 2.75) is 135 Å². The van der Waals surface area contributed by atoms with Gasteiger partial charge in [-0.1, -0.05) is 103 Å². The summed E-state index contributed by atoms with van der Waals surface area (Å²) in [4.78, 5) is 11.4. The van der Waals surface area contributed by atoms with Crippen molar-refractivity contribution in [3.05, 3.63) is 12.3 Å². The van der Waals surface area contributed by atoms with E-state index < -0.39 is 0 Å². The van der Waals surface area contributed by atoms with Crippen LogP contribution in [0.4, 0.5) is 0 Å². The van der Waals surface area contributed by atoms with Crippen LogP contribution < -0.4 is 0 Å². The van der Waals surface area contributed by atoms with Gasteiger partial charge in [0.2, 0.25) is 0 Å². The molecule has 0 amide bonds. The number of hydrogen-bond donors (Lipinski definition) is 1. The standard InChI is InChI=1S/C24H46O2/c1-3-20-24(26)22-19-17-15-13-11-9-7-5-4-6-8-10-12-14-16-18-21-23(2)25/h25H,2-22H2,1H3. The Hall–Kier alpha value is -0.790. The van der Waals surface area contributed by atoms with Gasteiger partial charge >= 0.3 is 0 Å². The normalized spacial score (nSPS) is 11.0. The molecule has 2 heteroatoms. The average molecular weight is 367 g/mol. The molecule has 0 fully saturated rings. The quantitative estimate of drug-likeness (QED) is 0.163. The van der Waals surface area contributed by atoms with Gasteiger partial charge in [0.05, 0.1) is 5.76 Å². The predicted octanol–water partition coefficient (Wildman–Crippen LogP) is 8.45. The van der Waals surface area contributed by atoms with Gasteiger partial charge < -0.3 is 5.11 Å². The summed E-state index contributed by atoms with van der Waals surface area (Å²) in [5.74, 6) is 0.796. The fraction of sp³-hybridized carbons (Fsp3) is 0.875. The van der Waals surface area contributed by atoms with Crippen LogP contribution >= 0.6 is 0 Å². The number of aliphatic hydroxyl groups is 1. The highest BCUT2D eigenvalue weighted by Crippen LogP contribution is 2.15. The Morgan fingerprint density at radius 1 is 0.577 bits per heavy atom. The number of carbonyl (C=O) groups excluding carboxylic acids is 1. The molecule has 0 aromatic heterocycles. The zero-order chi connectivity index (χ0) is 19.3. The lowest BCUT2D eigenvalue weighted by Gasteiger charge is -2.04. The van der Waals surface area contributed by atoms with Gasteiger partial charge in [0.25, 0.3) is 0 Å². The van der Waals surface area contributed by atoms with Crippen molar-refractivity contribution >= 4 is 5.78 Å². The number of aliphatic hydroxyl groups excluding tert-OH is 1. The molecule has 0 atom stereocenters. The lowest BCUT2D eigenvalue weighted by Crippen LogP contribution is -1.96. The molecule has 0 bridgehead atoms. The maximum absolute atomic E-state index is 11.4. The number of Topliss-reactive ketones (excluding diaryl/α,β-unsaturated/α-hetero) is 1. The third-order valence-electron chi connectivity index (χ3n) is 5.20. The molecule has 0 saturated heterocycles. The van der Waals surface area contributed by atoms with Crippen LogP contribution in [0.1, 0.15) is 135 Å². The topological polar surface area (TPSA) is 37.3 Å². The Balaban J connectivity index is 3.05. The molecule has 26 heavy (non-hydrogen) atoms. The summed E-state index contributed by atoms with van der Waals surface area (Å²) in [6, 6.07) is 0. The minimum Gasteiger partial charge on any atom is -0.513 e. The summed E-state index contributed by atoms with van der Waals surface area (Å²) in [5.41, 5.74) is 0. The molecule has 0 aliphatic heterocycles. The maximum Gasteiger partial charge on any atom is 0.132 e. The number of ketones is 1. The summed E-state index contributed by atoms with van der Waals surface area (Å²) in [6.07, 6.45) is 24.5. The number of rotatable bonds is 21. The molecule has 0 rings (SSSR count). The smallest absolute Gasteiger partial charge is 0.132 e. The SMILES string of the molecule is C=C(O)CCCCCCCCCCCCCCCCCCC(=O)CCC. The first-order chi connectivity index (χ1) is 12.7. The van der Waals surface area contributed by atoms with Crippen LogP contribution in [-0.2, 0) is 4.79 Å². The van der Waals surface area contributed by atoms with Gasteiger partial charge in [-0.25, -0.2) is 0 Å². The number of allylic oxidation sites excluding steroid dienone is 1. The van der Waals surface area contributed by atoms with E-state index in [0.717, 1.165) is 38.5 Å². The van der Waals surface area contributed by atoms with Crippen molar-refractivity contribution in [2.75, 3.05) is 0 Å². The van der Waals surface area contributed by atoms with E-state index in [0.29, 0.717) is 11.5 Å². The molecule has 0 aliphatic carbocycles. The summed E-state index contributed by atoms with van der Waals surface area (Å²) in [6.45, 7) is 5.60. The first-order valence-electron chi connectivity index (χ1n) is 11.5. The highest BCUT2D eigenvalue weighted by molar-refractivity contribution is 5.78. The Kier molecular flexibility index (Phi) is 19.9. The van der Waals surface area contributed by atoms with Gasteiger partial charge in [-0.15, -0.1) is 0 Å². The van der Waals surface area contributed by atoms with Crippen LogP contribution in [0.5, 0.6) is 0 Å². The molecule has 0 radical (unpaired) electrons. The van der Waals surface area contributed by atoms with Crippen LogP contribution in [0.15, 0.2) is 12.3 Å². The molecule has 1 N–H and O–H groups in total. The van der Waals surface area contributed by atoms with Crippen molar-refractivity contribution in [3.8, 4) is 0 Å². The predicted molar refractivity (Wildman–Crippen MR) is 115 cm³/mol. The average Bonchev–Trinajstić information content (AvgIpc) is 2.60. The van der Waals surface area contributed by atoms with Crippen molar-refractivity contribution in [2.24, 2.45) is 0 Å². The summed E-state index contributed by atoms with van der Waals surface area (Å²) >= 11 is 0. The maximum atomic E-state index is 11.4. The molecule has 154 valence electrons. The van der Waals surface area contributed by atoms with E-state index in [9.17, 15) is 4.79 Å². The summed E-state index contributed by atoms with van der Waals surface area (Å²) in [5, 5.41) is 9.01. The van der Waals surface area contributed by atoms with Gasteiger partial charge in [-0.2, -0.15) is 0 Å². The van der Waals surface area contributed by atoms with Gasteiger partial charge in [-0.05, 0) is 19.3 Å². The summed E-state index contributed by atoms with van der Waals surface area (Å²) in [7, 11) is 0. The van der Waals surface area contributed by atoms with E-state index >= 15 is 0 Å². The molecule has 0 spiro atoms. The van der Waals surface area contributed by atoms with Crippen molar-refractivity contribution in [1.29, 1.82) is 0 Å². The van der Waals surface area contributed by atoms with Gasteiger partial charge in [0.15, 0.2) is 0 Å². The summed E-state index contributed by atoms with van der Waals surface area (Å²) < 4.78 is 0. The number of hydrogen-bond acceptors (Lipinski definition) is 2. The molecule has 0 aromatic rings. The zero-order valence-corrected chi connectivity index (χ0v) is 17.7. The molecule has 0 aromatic carbocycles. The molecular formula is C24H46O2. The first-order valence-corrected chi connectivity index (χ1v) is 11.5. The van der Waals surface area contributed by atoms with Crippen LogP contribution in [0.3, 0.4) is 0 Å². The molecule has 0 saturated carbocycles. The van der Waals surface area contributed by atoms with E-state index in [2.05, 4.69) is 13.5 Å². The number of unbranched alkanes of at least 4 members (excludes halogenated alkanes) is 15. The Morgan fingerprint density at radius 2 is 0.885 bits per heavy atom. The molecule has 0 heterocycles. The fourth-order valence-corrected chi connectivity index (χ4v) is 3.53. The van der Waals surface area contributed by atoms with Gasteiger partial charge in [-0.3, -0.25) is 4.79 Å². The Labute approximate surface area is 163 Å². The minimum absolute atomic E-state index is 0.337. The zero-order valence-electron chi connectivity index (χ0n) is 17.7. The van der Waals surface area contributed by atoms with E-state index in [-0.39, 0.29) is 0 Å². The third-order valence-corrected chi connectivity index (χ3v) is 5.20. The highest BCUT2D eigenvalue weighted by atomic mass is 16.3. The van der Waals surface area contributed by atoms with Crippen molar-refractivity contribution in [3.63, 3.8) is 0 Å². The highest BCUT2D eigenvalue weighted by Gasteiger charge is 1.99. The van der Waals surface area contributed by atoms with Crippen molar-refractivity contribution < 1.29 is 9.90 Å². The van der Waals surface area contributed by atoms with E-state index in [4.69, 9.17) is 5.11 Å². The lowest BCUT2D eigenvalue weighted by molar-refractivity contribution is -0.119. The van der Waals surface area contributed by atoms with Gasteiger partial charge in [0.1, 0.15) is 5.78 Å².